The van der Waals surface area contributed by atoms with Gasteiger partial charge in [0.05, 0.1) is 5.75 Å². The van der Waals surface area contributed by atoms with E-state index in [0.29, 0.717) is 22.5 Å². The van der Waals surface area contributed by atoms with Crippen LogP contribution in [0.5, 0.6) is 5.75 Å². The van der Waals surface area contributed by atoms with Gasteiger partial charge in [-0.1, -0.05) is 55.9 Å². The summed E-state index contributed by atoms with van der Waals surface area (Å²) in [6, 6.07) is 12.4. The van der Waals surface area contributed by atoms with Crippen molar-refractivity contribution in [3.8, 4) is 5.75 Å². The topological polar surface area (TPSA) is 95.1 Å². The van der Waals surface area contributed by atoms with Gasteiger partial charge in [0, 0.05) is 12.1 Å². The summed E-state index contributed by atoms with van der Waals surface area (Å²) in [5.41, 5.74) is 2.64. The van der Waals surface area contributed by atoms with Gasteiger partial charge in [-0.05, 0) is 36.1 Å². The van der Waals surface area contributed by atoms with Crippen LogP contribution in [0.3, 0.4) is 0 Å². The number of nitrogens with two attached hydrogens (primary N) is 1. The molecular weight excluding hydrogens is 417 g/mol. The zero-order chi connectivity index (χ0) is 22.4. The average molecular weight is 444 g/mol. The first kappa shape index (κ1) is 22.6. The average Bonchev–Trinajstić information content (AvgIpc) is 3.09. The van der Waals surface area contributed by atoms with Crippen molar-refractivity contribution in [3.63, 3.8) is 0 Å². The minimum atomic E-state index is -0.351. The number of thioether (sulfide) groups is 1. The highest BCUT2D eigenvalue weighted by Crippen LogP contribution is 2.28. The lowest BCUT2D eigenvalue weighted by Crippen LogP contribution is -2.25. The van der Waals surface area contributed by atoms with Crippen LogP contribution in [-0.2, 0) is 17.9 Å². The zero-order valence-electron chi connectivity index (χ0n) is 17.8. The van der Waals surface area contributed by atoms with Crippen molar-refractivity contribution in [2.45, 2.75) is 45.0 Å². The van der Waals surface area contributed by atoms with Crippen LogP contribution in [0, 0.1) is 12.7 Å². The first-order valence-corrected chi connectivity index (χ1v) is 10.9. The van der Waals surface area contributed by atoms with E-state index in [1.165, 1.54) is 10.7 Å². The van der Waals surface area contributed by atoms with Gasteiger partial charge in [-0.25, -0.2) is 9.07 Å². The van der Waals surface area contributed by atoms with Gasteiger partial charge in [-0.3, -0.25) is 4.79 Å². The molecule has 0 atom stereocenters. The standard InChI is InChI=1S/C22H26FN5O2S/c1-14(2)17-9-8-15(3)10-19(17)30-12-20-26-27-22(28(20)24)31-13-21(29)25-11-16-6-4-5-7-18(16)23/h4-10,14H,11-13,24H2,1-3H3,(H,25,29). The van der Waals surface area contributed by atoms with Gasteiger partial charge in [-0.15, -0.1) is 10.2 Å². The lowest BCUT2D eigenvalue weighted by molar-refractivity contribution is -0.118. The molecule has 3 N–H and O–H groups in total. The van der Waals surface area contributed by atoms with Crippen LogP contribution in [0.1, 0.15) is 42.3 Å². The number of aryl methyl sites for hydroxylation is 1. The van der Waals surface area contributed by atoms with E-state index in [-0.39, 0.29) is 30.6 Å². The molecule has 0 spiro atoms. The van der Waals surface area contributed by atoms with E-state index < -0.39 is 0 Å². The SMILES string of the molecule is Cc1ccc(C(C)C)c(OCc2nnc(SCC(=O)NCc3ccccc3F)n2N)c1. The number of hydrogen-bond donors (Lipinski definition) is 2. The molecular formula is C22H26FN5O2S. The fourth-order valence-electron chi connectivity index (χ4n) is 2.91. The number of halogens is 1. The Labute approximate surface area is 185 Å². The molecule has 0 aliphatic rings. The van der Waals surface area contributed by atoms with Gasteiger partial charge in [0.1, 0.15) is 18.2 Å². The van der Waals surface area contributed by atoms with Gasteiger partial charge < -0.3 is 15.9 Å². The summed E-state index contributed by atoms with van der Waals surface area (Å²) in [4.78, 5) is 12.1. The Hall–Kier alpha value is -3.07. The molecule has 0 saturated carbocycles. The van der Waals surface area contributed by atoms with Gasteiger partial charge in [0.25, 0.3) is 0 Å². The molecule has 0 bridgehead atoms. The summed E-state index contributed by atoms with van der Waals surface area (Å²) in [5.74, 6) is 7.11. The summed E-state index contributed by atoms with van der Waals surface area (Å²) in [6.45, 7) is 6.50. The third-order valence-electron chi connectivity index (χ3n) is 4.65. The van der Waals surface area contributed by atoms with Crippen molar-refractivity contribution < 1.29 is 13.9 Å². The third-order valence-corrected chi connectivity index (χ3v) is 5.59. The molecule has 9 heteroatoms. The van der Waals surface area contributed by atoms with E-state index in [2.05, 4.69) is 41.5 Å². The van der Waals surface area contributed by atoms with Crippen LogP contribution in [0.4, 0.5) is 4.39 Å². The van der Waals surface area contributed by atoms with E-state index in [1.807, 2.05) is 13.0 Å². The van der Waals surface area contributed by atoms with Crippen molar-refractivity contribution in [1.82, 2.24) is 20.2 Å². The molecule has 0 unspecified atom stereocenters. The second-order valence-electron chi connectivity index (χ2n) is 7.41. The molecule has 31 heavy (non-hydrogen) atoms. The van der Waals surface area contributed by atoms with Crippen LogP contribution in [0.15, 0.2) is 47.6 Å². The second-order valence-corrected chi connectivity index (χ2v) is 8.35. The Morgan fingerprint density at radius 2 is 2.03 bits per heavy atom. The molecule has 3 rings (SSSR count). The summed E-state index contributed by atoms with van der Waals surface area (Å²) < 4.78 is 20.9. The zero-order valence-corrected chi connectivity index (χ0v) is 18.6. The maximum Gasteiger partial charge on any atom is 0.230 e. The van der Waals surface area contributed by atoms with Crippen molar-refractivity contribution >= 4 is 17.7 Å². The van der Waals surface area contributed by atoms with Gasteiger partial charge in [-0.2, -0.15) is 0 Å². The van der Waals surface area contributed by atoms with Gasteiger partial charge in [0.15, 0.2) is 5.82 Å². The molecule has 2 aromatic carbocycles. The Bertz CT molecular complexity index is 1050. The van der Waals surface area contributed by atoms with Crippen molar-refractivity contribution in [2.75, 3.05) is 11.6 Å². The van der Waals surface area contributed by atoms with Crippen LogP contribution >= 0.6 is 11.8 Å². The smallest absolute Gasteiger partial charge is 0.230 e. The summed E-state index contributed by atoms with van der Waals surface area (Å²) in [6.07, 6.45) is 0. The van der Waals surface area contributed by atoms with Crippen molar-refractivity contribution in [3.05, 3.63) is 70.8 Å². The minimum Gasteiger partial charge on any atom is -0.485 e. The number of amides is 1. The number of nitrogens with zero attached hydrogens (tertiary/aromatic N) is 3. The number of aromatic nitrogens is 3. The highest BCUT2D eigenvalue weighted by atomic mass is 32.2. The van der Waals surface area contributed by atoms with Gasteiger partial charge >= 0.3 is 0 Å². The lowest BCUT2D eigenvalue weighted by atomic mass is 10.0. The monoisotopic (exact) mass is 443 g/mol. The largest absolute Gasteiger partial charge is 0.485 e. The normalized spacial score (nSPS) is 11.0. The number of rotatable bonds is 9. The molecule has 0 radical (unpaired) electrons. The van der Waals surface area contributed by atoms with Crippen molar-refractivity contribution in [2.24, 2.45) is 0 Å². The van der Waals surface area contributed by atoms with E-state index in [9.17, 15) is 9.18 Å². The molecule has 0 fully saturated rings. The number of hydrogen-bond acceptors (Lipinski definition) is 6. The molecule has 1 amide bonds. The molecule has 0 saturated heterocycles. The molecule has 0 aliphatic heterocycles. The lowest BCUT2D eigenvalue weighted by Gasteiger charge is -2.14. The summed E-state index contributed by atoms with van der Waals surface area (Å²) >= 11 is 1.15. The number of ether oxygens (including phenoxy) is 1. The van der Waals surface area contributed by atoms with Crippen LogP contribution in [-0.4, -0.2) is 26.5 Å². The van der Waals surface area contributed by atoms with E-state index in [4.69, 9.17) is 10.6 Å². The maximum absolute atomic E-state index is 13.6. The van der Waals surface area contributed by atoms with E-state index in [0.717, 1.165) is 28.6 Å². The molecule has 1 aromatic heterocycles. The first-order valence-electron chi connectivity index (χ1n) is 9.90. The Morgan fingerprint density at radius 1 is 1.26 bits per heavy atom. The number of nitrogen functional groups attached to an aromatic ring is 1. The second kappa shape index (κ2) is 10.3. The van der Waals surface area contributed by atoms with Crippen molar-refractivity contribution in [1.29, 1.82) is 0 Å². The number of carbonyl (C=O) groups is 1. The Morgan fingerprint density at radius 3 is 2.77 bits per heavy atom. The maximum atomic E-state index is 13.6. The van der Waals surface area contributed by atoms with E-state index >= 15 is 0 Å². The predicted molar refractivity (Wildman–Crippen MR) is 119 cm³/mol. The van der Waals surface area contributed by atoms with Gasteiger partial charge in [0.2, 0.25) is 11.1 Å². The van der Waals surface area contributed by atoms with Crippen LogP contribution < -0.4 is 15.9 Å². The minimum absolute atomic E-state index is 0.0834. The summed E-state index contributed by atoms with van der Waals surface area (Å²) in [5, 5.41) is 11.2. The number of benzene rings is 2. The molecule has 164 valence electrons. The Balaban J connectivity index is 1.54. The number of nitrogens with one attached hydrogen (secondary N) is 1. The van der Waals surface area contributed by atoms with E-state index in [1.54, 1.807) is 18.2 Å². The quantitative estimate of drug-likeness (QED) is 0.388. The van der Waals surface area contributed by atoms with Crippen LogP contribution in [0.25, 0.3) is 0 Å². The van der Waals surface area contributed by atoms with Crippen LogP contribution in [0.2, 0.25) is 0 Å². The fourth-order valence-corrected chi connectivity index (χ4v) is 3.61. The predicted octanol–water partition coefficient (Wildman–Crippen LogP) is 3.55. The third kappa shape index (κ3) is 5.97. The first-order chi connectivity index (χ1) is 14.8. The molecule has 3 aromatic rings. The fraction of sp³-hybridized carbons (Fsp3) is 0.318. The number of carbonyl (C=O) groups excluding carboxylic acids is 1. The Kier molecular flexibility index (Phi) is 7.51. The highest BCUT2D eigenvalue weighted by Gasteiger charge is 2.15. The molecule has 7 nitrogen and oxygen atoms in total. The molecule has 0 aliphatic carbocycles. The highest BCUT2D eigenvalue weighted by molar-refractivity contribution is 7.99. The molecule has 1 heterocycles. The summed E-state index contributed by atoms with van der Waals surface area (Å²) in [7, 11) is 0.